The largest absolute Gasteiger partial charge is 0.479 e. The molecule has 16 N–H and O–H groups in total. The SMILES string of the molecule is CC1(C)CCC2(C(=O)OC3OC(CO)C(O)C(O)C3O)CCC3(C)C(=CCC4C5(C)CCC(OC6OC(C(=O)O)C(O)C(OC7OCC(O)C(O)C7OC7OC(CO)C(O)C(O)C7O)C6OC6OC(CO)C(O)C(O)C6O)C(C)(C)C5CCC43C)C2C1. The molecule has 32 unspecified atom stereocenters. The number of aliphatic carboxylic acids is 1. The summed E-state index contributed by atoms with van der Waals surface area (Å²) in [7, 11) is 0. The maximum Gasteiger partial charge on any atom is 0.335 e. The van der Waals surface area contributed by atoms with Crippen molar-refractivity contribution in [2.45, 2.75) is 266 Å². The van der Waals surface area contributed by atoms with Crippen molar-refractivity contribution >= 4 is 11.9 Å². The fourth-order valence-corrected chi connectivity index (χ4v) is 17.7. The van der Waals surface area contributed by atoms with Crippen LogP contribution in [0.4, 0.5) is 0 Å². The first-order valence-electron chi connectivity index (χ1n) is 30.7. The van der Waals surface area contributed by atoms with E-state index in [9.17, 15) is 91.3 Å². The van der Waals surface area contributed by atoms with Gasteiger partial charge in [0.05, 0.1) is 37.9 Å². The van der Waals surface area contributed by atoms with Crippen molar-refractivity contribution in [3.05, 3.63) is 11.6 Å². The number of carbonyl (C=O) groups is 2. The number of hydrogen-bond acceptors (Lipinski definition) is 27. The number of aliphatic hydroxyl groups is 15. The number of fused-ring (bicyclic) bond motifs is 7. The van der Waals surface area contributed by atoms with Crippen LogP contribution in [0.25, 0.3) is 0 Å². The van der Waals surface area contributed by atoms with Gasteiger partial charge in [0.25, 0.3) is 0 Å². The molecular weight excluding hydrogens is 1160 g/mol. The summed E-state index contributed by atoms with van der Waals surface area (Å²) < 4.78 is 60.5. The summed E-state index contributed by atoms with van der Waals surface area (Å²) in [6.07, 6.45) is -36.7. The second-order valence-corrected chi connectivity index (χ2v) is 28.7. The van der Waals surface area contributed by atoms with E-state index in [1.807, 2.05) is 13.8 Å². The van der Waals surface area contributed by atoms with Crippen molar-refractivity contribution in [3.63, 3.8) is 0 Å². The summed E-state index contributed by atoms with van der Waals surface area (Å²) in [6, 6.07) is 0. The molecule has 0 bridgehead atoms. The molecule has 9 fully saturated rings. The first-order valence-corrected chi connectivity index (χ1v) is 30.7. The molecule has 87 heavy (non-hydrogen) atoms. The molecule has 10 rings (SSSR count). The summed E-state index contributed by atoms with van der Waals surface area (Å²) in [5.41, 5.74) is -1.82. The van der Waals surface area contributed by atoms with E-state index in [4.69, 9.17) is 47.4 Å². The van der Waals surface area contributed by atoms with Gasteiger partial charge >= 0.3 is 11.9 Å². The van der Waals surface area contributed by atoms with E-state index in [2.05, 4.69) is 40.7 Å². The number of carboxylic acids is 1. The third-order valence-electron chi connectivity index (χ3n) is 23.1. The molecule has 0 spiro atoms. The Morgan fingerprint density at radius 3 is 1.62 bits per heavy atom. The van der Waals surface area contributed by atoms with Gasteiger partial charge in [0.15, 0.2) is 31.3 Å². The van der Waals surface area contributed by atoms with Crippen LogP contribution in [0.15, 0.2) is 11.6 Å². The molecule has 5 aliphatic heterocycles. The number of carboxylic acid groups (broad SMARTS) is 1. The second kappa shape index (κ2) is 24.9. The van der Waals surface area contributed by atoms with Gasteiger partial charge < -0.3 is 129 Å². The lowest BCUT2D eigenvalue weighted by Gasteiger charge is -2.71. The fourth-order valence-electron chi connectivity index (χ4n) is 17.7. The van der Waals surface area contributed by atoms with Gasteiger partial charge in [-0.25, -0.2) is 4.79 Å². The molecule has 4 saturated carbocycles. The number of allylic oxidation sites excluding steroid dienone is 2. The predicted molar refractivity (Wildman–Crippen MR) is 290 cm³/mol. The highest BCUT2D eigenvalue weighted by molar-refractivity contribution is 5.79. The molecule has 28 nitrogen and oxygen atoms in total. The Morgan fingerprint density at radius 2 is 1.06 bits per heavy atom. The maximum atomic E-state index is 14.9. The summed E-state index contributed by atoms with van der Waals surface area (Å²) in [5, 5.41) is 172. The zero-order chi connectivity index (χ0) is 63.6. The minimum Gasteiger partial charge on any atom is -0.479 e. The Labute approximate surface area is 503 Å². The number of rotatable bonds is 14. The Bertz CT molecular complexity index is 2460. The molecule has 32 atom stereocenters. The summed E-state index contributed by atoms with van der Waals surface area (Å²) >= 11 is 0. The number of aliphatic hydroxyl groups excluding tert-OH is 15. The third kappa shape index (κ3) is 11.4. The van der Waals surface area contributed by atoms with E-state index in [0.717, 1.165) is 12.8 Å². The Hall–Kier alpha value is -2.28. The van der Waals surface area contributed by atoms with Crippen LogP contribution in [0.5, 0.6) is 0 Å². The zero-order valence-electron chi connectivity index (χ0n) is 50.2. The van der Waals surface area contributed by atoms with Gasteiger partial charge in [-0.1, -0.05) is 60.1 Å². The van der Waals surface area contributed by atoms with Gasteiger partial charge in [0.2, 0.25) is 6.29 Å². The zero-order valence-corrected chi connectivity index (χ0v) is 50.2. The van der Waals surface area contributed by atoms with Gasteiger partial charge in [-0.15, -0.1) is 0 Å². The normalized spacial score (nSPS) is 53.1. The first kappa shape index (κ1) is 67.6. The Morgan fingerprint density at radius 1 is 0.529 bits per heavy atom. The van der Waals surface area contributed by atoms with E-state index < -0.39 is 208 Å². The van der Waals surface area contributed by atoms with Gasteiger partial charge in [-0.2, -0.15) is 0 Å². The molecule has 0 amide bonds. The maximum absolute atomic E-state index is 14.9. The molecule has 0 aromatic heterocycles. The van der Waals surface area contributed by atoms with Crippen LogP contribution < -0.4 is 0 Å². The molecule has 10 aliphatic rings. The topological polar surface area (TPSA) is 450 Å². The first-order chi connectivity index (χ1) is 40.7. The van der Waals surface area contributed by atoms with Crippen LogP contribution in [0.1, 0.15) is 113 Å². The van der Waals surface area contributed by atoms with Crippen molar-refractivity contribution in [1.29, 1.82) is 0 Å². The van der Waals surface area contributed by atoms with E-state index in [1.165, 1.54) is 5.57 Å². The molecule has 5 heterocycles. The van der Waals surface area contributed by atoms with Crippen LogP contribution in [-0.2, 0) is 57.0 Å². The van der Waals surface area contributed by atoms with Gasteiger partial charge in [-0.05, 0) is 109 Å². The van der Waals surface area contributed by atoms with Crippen molar-refractivity contribution in [2.24, 2.45) is 50.2 Å². The third-order valence-corrected chi connectivity index (χ3v) is 23.1. The number of ether oxygens (including phenoxy) is 10. The van der Waals surface area contributed by atoms with Crippen molar-refractivity contribution < 1.29 is 139 Å². The molecule has 0 aromatic carbocycles. The molecular formula is C59H94O28. The lowest BCUT2D eigenvalue weighted by molar-refractivity contribution is -0.401. The van der Waals surface area contributed by atoms with Gasteiger partial charge in [-0.3, -0.25) is 4.79 Å². The van der Waals surface area contributed by atoms with Crippen LogP contribution in [0, 0.1) is 50.2 Å². The van der Waals surface area contributed by atoms with Crippen molar-refractivity contribution in [1.82, 2.24) is 0 Å². The van der Waals surface area contributed by atoms with Crippen LogP contribution in [0.2, 0.25) is 0 Å². The Kier molecular flexibility index (Phi) is 19.3. The smallest absolute Gasteiger partial charge is 0.335 e. The minimum absolute atomic E-state index is 0.0737. The second-order valence-electron chi connectivity index (χ2n) is 28.7. The minimum atomic E-state index is -2.24. The molecule has 28 heteroatoms. The van der Waals surface area contributed by atoms with Crippen molar-refractivity contribution in [2.75, 3.05) is 26.4 Å². The van der Waals surface area contributed by atoms with E-state index in [-0.39, 0.29) is 34.0 Å². The molecule has 0 aromatic rings. The summed E-state index contributed by atoms with van der Waals surface area (Å²) in [6.45, 7) is 12.4. The quantitative estimate of drug-likeness (QED) is 0.0456. The Balaban J connectivity index is 0.941. The molecule has 0 radical (unpaired) electrons. The summed E-state index contributed by atoms with van der Waals surface area (Å²) in [5.74, 6) is -2.50. The highest BCUT2D eigenvalue weighted by Crippen LogP contribution is 2.76. The van der Waals surface area contributed by atoms with E-state index >= 15 is 0 Å². The van der Waals surface area contributed by atoms with Crippen LogP contribution in [-0.4, -0.2) is 274 Å². The fraction of sp³-hybridized carbons (Fsp3) is 0.932. The van der Waals surface area contributed by atoms with Crippen LogP contribution >= 0.6 is 0 Å². The lowest BCUT2D eigenvalue weighted by atomic mass is 9.33. The van der Waals surface area contributed by atoms with Gasteiger partial charge in [0.1, 0.15) is 110 Å². The predicted octanol–water partition coefficient (Wildman–Crippen LogP) is -3.48. The molecule has 5 saturated heterocycles. The molecule has 5 aliphatic carbocycles. The highest BCUT2D eigenvalue weighted by atomic mass is 16.8. The van der Waals surface area contributed by atoms with Crippen LogP contribution in [0.3, 0.4) is 0 Å². The number of esters is 1. The van der Waals surface area contributed by atoms with E-state index in [1.54, 1.807) is 0 Å². The van der Waals surface area contributed by atoms with Crippen molar-refractivity contribution in [3.8, 4) is 0 Å². The lowest BCUT2D eigenvalue weighted by Crippen LogP contribution is -2.69. The monoisotopic (exact) mass is 1250 g/mol. The van der Waals surface area contributed by atoms with Gasteiger partial charge in [0, 0.05) is 0 Å². The van der Waals surface area contributed by atoms with E-state index in [0.29, 0.717) is 51.4 Å². The average molecular weight is 1250 g/mol. The summed E-state index contributed by atoms with van der Waals surface area (Å²) in [4.78, 5) is 28.0. The molecule has 498 valence electrons. The highest BCUT2D eigenvalue weighted by Gasteiger charge is 2.71. The standard InChI is InChI=1S/C59H94O28/c1-54(2)14-16-59(53(77)87-50-41(73)38(70)35(67)28(21-62)81-50)17-15-57(6)23(24(59)18-54)8-9-30-56(5)12-11-31(55(3,4)29(56)10-13-58(30,57)7)82-52-46(86-49-40(72)37(69)34(66)27(20-61)80-49)43(42(74)44(84-52)47(75)76)83-51-45(32(64)25(63)22-78-51)85-48-39(71)36(68)33(65)26(19-60)79-48/h8,24-46,48-52,60-74H,9-22H2,1-7H3,(H,75,76). The number of hydrogen-bond donors (Lipinski definition) is 16. The average Bonchev–Trinajstić information content (AvgIpc) is 0.697. The number of carbonyl (C=O) groups excluding carboxylic acids is 1.